The molecule has 0 radical (unpaired) electrons. The number of likely N-dealkylation sites (tertiary alicyclic amines) is 1. The summed E-state index contributed by atoms with van der Waals surface area (Å²) in [6.45, 7) is 5.53. The average Bonchev–Trinajstić information content (AvgIpc) is 3.11. The SMILES string of the molecule is Cc1ccc(C(=O)N2CCC3(CC2)CO[C@@H](CN(C)C2CCC(O)CC2)C3)cc1. The van der Waals surface area contributed by atoms with E-state index in [1.807, 2.05) is 36.1 Å². The van der Waals surface area contributed by atoms with Gasteiger partial charge in [0.25, 0.3) is 5.91 Å². The summed E-state index contributed by atoms with van der Waals surface area (Å²) in [6.07, 6.45) is 7.42. The number of aliphatic hydroxyl groups is 1. The third kappa shape index (κ3) is 4.84. The third-order valence-electron chi connectivity index (χ3n) is 7.48. The van der Waals surface area contributed by atoms with Gasteiger partial charge in [-0.2, -0.15) is 0 Å². The van der Waals surface area contributed by atoms with E-state index in [1.165, 1.54) is 5.56 Å². The molecule has 2 aliphatic heterocycles. The predicted molar refractivity (Wildman–Crippen MR) is 114 cm³/mol. The summed E-state index contributed by atoms with van der Waals surface area (Å²) in [5.74, 6) is 0.162. The molecule has 1 N–H and O–H groups in total. The molecular formula is C24H36N2O3. The molecule has 1 amide bonds. The second kappa shape index (κ2) is 8.75. The summed E-state index contributed by atoms with van der Waals surface area (Å²) in [7, 11) is 2.21. The van der Waals surface area contributed by atoms with Gasteiger partial charge in [0, 0.05) is 31.2 Å². The van der Waals surface area contributed by atoms with E-state index in [0.717, 1.165) is 76.8 Å². The minimum Gasteiger partial charge on any atom is -0.393 e. The van der Waals surface area contributed by atoms with Crippen LogP contribution in [-0.2, 0) is 4.74 Å². The Kier molecular flexibility index (Phi) is 6.28. The van der Waals surface area contributed by atoms with E-state index >= 15 is 0 Å². The molecule has 1 aromatic rings. The number of amides is 1. The van der Waals surface area contributed by atoms with Crippen LogP contribution in [0.25, 0.3) is 0 Å². The fourth-order valence-corrected chi connectivity index (χ4v) is 5.39. The van der Waals surface area contributed by atoms with Gasteiger partial charge in [-0.15, -0.1) is 0 Å². The van der Waals surface area contributed by atoms with E-state index in [2.05, 4.69) is 11.9 Å². The second-order valence-electron chi connectivity index (χ2n) is 9.70. The molecule has 1 saturated carbocycles. The van der Waals surface area contributed by atoms with Gasteiger partial charge < -0.3 is 19.6 Å². The third-order valence-corrected chi connectivity index (χ3v) is 7.48. The molecule has 1 atom stereocenters. The molecule has 2 heterocycles. The molecule has 1 aromatic carbocycles. The molecule has 5 nitrogen and oxygen atoms in total. The van der Waals surface area contributed by atoms with Crippen molar-refractivity contribution in [2.75, 3.05) is 33.3 Å². The molecule has 5 heteroatoms. The molecule has 4 rings (SSSR count). The maximum Gasteiger partial charge on any atom is 0.253 e. The van der Waals surface area contributed by atoms with Crippen LogP contribution in [0.2, 0.25) is 0 Å². The number of nitrogens with zero attached hydrogens (tertiary/aromatic N) is 2. The van der Waals surface area contributed by atoms with Gasteiger partial charge in [-0.05, 0) is 76.5 Å². The first kappa shape index (κ1) is 20.8. The van der Waals surface area contributed by atoms with Crippen molar-refractivity contribution in [3.05, 3.63) is 35.4 Å². The summed E-state index contributed by atoms with van der Waals surface area (Å²) in [4.78, 5) is 17.3. The van der Waals surface area contributed by atoms with Crippen molar-refractivity contribution in [1.29, 1.82) is 0 Å². The van der Waals surface area contributed by atoms with E-state index in [4.69, 9.17) is 4.74 Å². The number of ether oxygens (including phenoxy) is 1. The van der Waals surface area contributed by atoms with Crippen LogP contribution in [-0.4, -0.2) is 72.4 Å². The number of aryl methyl sites for hydroxylation is 1. The van der Waals surface area contributed by atoms with E-state index in [9.17, 15) is 9.90 Å². The first-order chi connectivity index (χ1) is 13.9. The monoisotopic (exact) mass is 400 g/mol. The Balaban J connectivity index is 1.26. The van der Waals surface area contributed by atoms with Crippen molar-refractivity contribution in [1.82, 2.24) is 9.80 Å². The molecule has 3 aliphatic rings. The molecule has 3 fully saturated rings. The summed E-state index contributed by atoms with van der Waals surface area (Å²) >= 11 is 0. The standard InChI is InChI=1S/C24H36N2O3/c1-18-3-5-19(6-4-18)23(28)26-13-11-24(12-14-26)15-22(29-17-24)16-25(2)20-7-9-21(27)10-8-20/h3-6,20-22,27H,7-17H2,1-2H3/t20?,21?,22-/m1/s1. The normalized spacial score (nSPS) is 29.5. The number of piperidine rings is 1. The number of rotatable bonds is 4. The van der Waals surface area contributed by atoms with Gasteiger partial charge in [0.15, 0.2) is 0 Å². The van der Waals surface area contributed by atoms with E-state index in [1.54, 1.807) is 0 Å². The Morgan fingerprint density at radius 3 is 2.48 bits per heavy atom. The van der Waals surface area contributed by atoms with Crippen molar-refractivity contribution >= 4 is 5.91 Å². The maximum absolute atomic E-state index is 12.8. The Labute approximate surface area is 175 Å². The Hall–Kier alpha value is -1.43. The summed E-state index contributed by atoms with van der Waals surface area (Å²) < 4.78 is 6.23. The molecule has 29 heavy (non-hydrogen) atoms. The zero-order valence-corrected chi connectivity index (χ0v) is 18.0. The minimum atomic E-state index is -0.0987. The first-order valence-corrected chi connectivity index (χ1v) is 11.3. The van der Waals surface area contributed by atoms with Crippen molar-refractivity contribution in [3.63, 3.8) is 0 Å². The number of hydrogen-bond donors (Lipinski definition) is 1. The van der Waals surface area contributed by atoms with Crippen molar-refractivity contribution in [2.24, 2.45) is 5.41 Å². The fraction of sp³-hybridized carbons (Fsp3) is 0.708. The Morgan fingerprint density at radius 1 is 1.17 bits per heavy atom. The number of aliphatic hydroxyl groups excluding tert-OH is 1. The lowest BCUT2D eigenvalue weighted by molar-refractivity contribution is 0.0336. The second-order valence-corrected chi connectivity index (χ2v) is 9.70. The number of hydrogen-bond acceptors (Lipinski definition) is 4. The number of carbonyl (C=O) groups excluding carboxylic acids is 1. The van der Waals surface area contributed by atoms with Gasteiger partial charge in [0.1, 0.15) is 0 Å². The van der Waals surface area contributed by atoms with Crippen LogP contribution in [0.4, 0.5) is 0 Å². The fourth-order valence-electron chi connectivity index (χ4n) is 5.39. The highest BCUT2D eigenvalue weighted by Crippen LogP contribution is 2.42. The lowest BCUT2D eigenvalue weighted by Gasteiger charge is -2.39. The average molecular weight is 401 g/mol. The van der Waals surface area contributed by atoms with Gasteiger partial charge in [-0.25, -0.2) is 0 Å². The van der Waals surface area contributed by atoms with Crippen LogP contribution in [0, 0.1) is 12.3 Å². The van der Waals surface area contributed by atoms with Crippen molar-refractivity contribution in [3.8, 4) is 0 Å². The Morgan fingerprint density at radius 2 is 1.83 bits per heavy atom. The largest absolute Gasteiger partial charge is 0.393 e. The topological polar surface area (TPSA) is 53.0 Å². The van der Waals surface area contributed by atoms with Crippen LogP contribution in [0.1, 0.15) is 60.9 Å². The van der Waals surface area contributed by atoms with E-state index in [0.29, 0.717) is 12.1 Å². The van der Waals surface area contributed by atoms with Crippen LogP contribution in [0.3, 0.4) is 0 Å². The number of carbonyl (C=O) groups is 1. The number of benzene rings is 1. The van der Waals surface area contributed by atoms with E-state index < -0.39 is 0 Å². The zero-order chi connectivity index (χ0) is 20.4. The van der Waals surface area contributed by atoms with Gasteiger partial charge in [0.2, 0.25) is 0 Å². The summed E-state index contributed by atoms with van der Waals surface area (Å²) in [5, 5.41) is 9.73. The highest BCUT2D eigenvalue weighted by molar-refractivity contribution is 5.94. The minimum absolute atomic E-state index is 0.0987. The summed E-state index contributed by atoms with van der Waals surface area (Å²) in [6, 6.07) is 8.48. The Bertz CT molecular complexity index is 689. The molecule has 0 aromatic heterocycles. The lowest BCUT2D eigenvalue weighted by atomic mass is 9.76. The smallest absolute Gasteiger partial charge is 0.253 e. The van der Waals surface area contributed by atoms with Gasteiger partial charge in [-0.3, -0.25) is 4.79 Å². The molecule has 1 aliphatic carbocycles. The van der Waals surface area contributed by atoms with Crippen LogP contribution in [0.15, 0.2) is 24.3 Å². The number of likely N-dealkylation sites (N-methyl/N-ethyl adjacent to an activating group) is 1. The van der Waals surface area contributed by atoms with Crippen LogP contribution < -0.4 is 0 Å². The summed E-state index contributed by atoms with van der Waals surface area (Å²) in [5.41, 5.74) is 2.23. The van der Waals surface area contributed by atoms with Crippen molar-refractivity contribution < 1.29 is 14.6 Å². The highest BCUT2D eigenvalue weighted by Gasteiger charge is 2.43. The van der Waals surface area contributed by atoms with Gasteiger partial charge in [-0.1, -0.05) is 17.7 Å². The zero-order valence-electron chi connectivity index (χ0n) is 18.0. The lowest BCUT2D eigenvalue weighted by Crippen LogP contribution is -2.44. The van der Waals surface area contributed by atoms with Crippen molar-refractivity contribution in [2.45, 2.75) is 70.1 Å². The van der Waals surface area contributed by atoms with Crippen LogP contribution in [0.5, 0.6) is 0 Å². The first-order valence-electron chi connectivity index (χ1n) is 11.3. The molecule has 1 spiro atoms. The molecule has 0 unspecified atom stereocenters. The predicted octanol–water partition coefficient (Wildman–Crippen LogP) is 3.24. The van der Waals surface area contributed by atoms with Crippen LogP contribution >= 0.6 is 0 Å². The van der Waals surface area contributed by atoms with Gasteiger partial charge in [0.05, 0.1) is 18.8 Å². The van der Waals surface area contributed by atoms with E-state index in [-0.39, 0.29) is 17.4 Å². The quantitative estimate of drug-likeness (QED) is 0.843. The van der Waals surface area contributed by atoms with Gasteiger partial charge >= 0.3 is 0 Å². The molecular weight excluding hydrogens is 364 g/mol. The molecule has 0 bridgehead atoms. The highest BCUT2D eigenvalue weighted by atomic mass is 16.5. The maximum atomic E-state index is 12.8. The molecule has 2 saturated heterocycles. The molecule has 160 valence electrons.